The molecule has 0 fully saturated rings. The average molecular weight is 580 g/mol. The molecule has 3 aromatic carbocycles. The molecule has 0 aliphatic heterocycles. The summed E-state index contributed by atoms with van der Waals surface area (Å²) in [5, 5.41) is 2.99. The second kappa shape index (κ2) is 14.7. The van der Waals surface area contributed by atoms with Gasteiger partial charge >= 0.3 is 0 Å². The van der Waals surface area contributed by atoms with Gasteiger partial charge in [-0.15, -0.1) is 0 Å². The Hall–Kier alpha value is -3.85. The van der Waals surface area contributed by atoms with Crippen molar-refractivity contribution in [3.8, 4) is 5.75 Å². The summed E-state index contributed by atoms with van der Waals surface area (Å²) in [4.78, 5) is 29.1. The lowest BCUT2D eigenvalue weighted by molar-refractivity contribution is -0.141. The van der Waals surface area contributed by atoms with Gasteiger partial charge in [-0.25, -0.2) is 8.42 Å². The van der Waals surface area contributed by atoms with E-state index in [1.54, 1.807) is 29.2 Å². The van der Waals surface area contributed by atoms with E-state index in [0.29, 0.717) is 17.9 Å². The number of rotatable bonds is 14. The molecule has 1 unspecified atom stereocenters. The van der Waals surface area contributed by atoms with Crippen molar-refractivity contribution in [3.05, 3.63) is 95.6 Å². The third-order valence-electron chi connectivity index (χ3n) is 6.80. The van der Waals surface area contributed by atoms with E-state index in [2.05, 4.69) is 5.32 Å². The molecule has 0 radical (unpaired) electrons. The summed E-state index contributed by atoms with van der Waals surface area (Å²) in [6.07, 6.45) is 1.85. The molecule has 2 amide bonds. The fourth-order valence-corrected chi connectivity index (χ4v) is 5.63. The fraction of sp³-hybridized carbons (Fsp3) is 0.375. The summed E-state index contributed by atoms with van der Waals surface area (Å²) in [5.41, 5.74) is 3.38. The van der Waals surface area contributed by atoms with E-state index in [-0.39, 0.29) is 43.8 Å². The second-order valence-electron chi connectivity index (χ2n) is 10.5. The van der Waals surface area contributed by atoms with Gasteiger partial charge in [0.05, 0.1) is 19.1 Å². The predicted octanol–water partition coefficient (Wildman–Crippen LogP) is 4.71. The first kappa shape index (κ1) is 31.7. The molecule has 0 bridgehead atoms. The second-order valence-corrected chi connectivity index (χ2v) is 12.4. The molecule has 0 aliphatic rings. The number of sulfonamides is 1. The molecule has 0 spiro atoms. The highest BCUT2D eigenvalue weighted by molar-refractivity contribution is 7.92. The van der Waals surface area contributed by atoms with Crippen LogP contribution in [-0.2, 0) is 32.6 Å². The number of methoxy groups -OCH3 is 1. The molecule has 0 aliphatic carbocycles. The van der Waals surface area contributed by atoms with E-state index in [4.69, 9.17) is 4.74 Å². The minimum Gasteiger partial charge on any atom is -0.497 e. The number of amides is 2. The minimum absolute atomic E-state index is 0.0715. The van der Waals surface area contributed by atoms with E-state index >= 15 is 0 Å². The summed E-state index contributed by atoms with van der Waals surface area (Å²) in [7, 11) is -2.09. The van der Waals surface area contributed by atoms with E-state index in [1.165, 1.54) is 11.4 Å². The Morgan fingerprint density at radius 2 is 1.63 bits per heavy atom. The fourth-order valence-electron chi connectivity index (χ4n) is 4.68. The monoisotopic (exact) mass is 579 g/mol. The van der Waals surface area contributed by atoms with E-state index < -0.39 is 16.1 Å². The number of nitrogens with zero attached hydrogens (tertiary/aromatic N) is 2. The van der Waals surface area contributed by atoms with Crippen LogP contribution in [0.2, 0.25) is 0 Å². The topological polar surface area (TPSA) is 96.0 Å². The van der Waals surface area contributed by atoms with Crippen molar-refractivity contribution in [2.24, 2.45) is 0 Å². The Bertz CT molecular complexity index is 1410. The van der Waals surface area contributed by atoms with Crippen LogP contribution in [-0.4, -0.2) is 57.1 Å². The Morgan fingerprint density at radius 3 is 2.27 bits per heavy atom. The molecule has 3 aromatic rings. The smallest absolute Gasteiger partial charge is 0.243 e. The molecule has 8 nitrogen and oxygen atoms in total. The van der Waals surface area contributed by atoms with Gasteiger partial charge in [0.25, 0.3) is 0 Å². The van der Waals surface area contributed by atoms with Crippen LogP contribution in [0.3, 0.4) is 0 Å². The van der Waals surface area contributed by atoms with Crippen LogP contribution in [0.15, 0.2) is 78.9 Å². The molecule has 0 heterocycles. The first-order valence-corrected chi connectivity index (χ1v) is 15.6. The minimum atomic E-state index is -3.61. The SMILES string of the molecule is COc1cccc(N(CCCC(=O)N(Cc2ccccc2C)C(Cc2ccccc2)C(=O)NC(C)C)S(C)(=O)=O)c1. The van der Waals surface area contributed by atoms with Crippen molar-refractivity contribution < 1.29 is 22.7 Å². The molecule has 41 heavy (non-hydrogen) atoms. The lowest BCUT2D eigenvalue weighted by Crippen LogP contribution is -2.52. The van der Waals surface area contributed by atoms with Crippen LogP contribution in [0, 0.1) is 6.92 Å². The van der Waals surface area contributed by atoms with Crippen LogP contribution >= 0.6 is 0 Å². The highest BCUT2D eigenvalue weighted by Crippen LogP contribution is 2.24. The molecule has 220 valence electrons. The zero-order chi connectivity index (χ0) is 30.0. The third-order valence-corrected chi connectivity index (χ3v) is 7.99. The van der Waals surface area contributed by atoms with E-state index in [1.807, 2.05) is 75.4 Å². The van der Waals surface area contributed by atoms with E-state index in [9.17, 15) is 18.0 Å². The number of anilines is 1. The number of ether oxygens (including phenoxy) is 1. The van der Waals surface area contributed by atoms with Crippen LogP contribution in [0.1, 0.15) is 43.4 Å². The molecule has 0 saturated heterocycles. The average Bonchev–Trinajstić information content (AvgIpc) is 2.93. The zero-order valence-corrected chi connectivity index (χ0v) is 25.4. The Balaban J connectivity index is 1.89. The highest BCUT2D eigenvalue weighted by atomic mass is 32.2. The molecule has 0 saturated carbocycles. The largest absolute Gasteiger partial charge is 0.497 e. The normalized spacial score (nSPS) is 12.0. The first-order chi connectivity index (χ1) is 19.5. The molecule has 3 rings (SSSR count). The summed E-state index contributed by atoms with van der Waals surface area (Å²) in [6, 6.07) is 23.4. The number of hydrogen-bond donors (Lipinski definition) is 1. The Kier molecular flexibility index (Phi) is 11.3. The van der Waals surface area contributed by atoms with Crippen molar-refractivity contribution in [3.63, 3.8) is 0 Å². The molecule has 1 atom stereocenters. The first-order valence-electron chi connectivity index (χ1n) is 13.8. The van der Waals surface area contributed by atoms with Crippen molar-refractivity contribution in [2.45, 2.75) is 58.7 Å². The van der Waals surface area contributed by atoms with Crippen molar-refractivity contribution in [1.82, 2.24) is 10.2 Å². The van der Waals surface area contributed by atoms with Crippen LogP contribution in [0.25, 0.3) is 0 Å². The van der Waals surface area contributed by atoms with Gasteiger partial charge < -0.3 is 15.0 Å². The molecule has 0 aromatic heterocycles. The summed E-state index contributed by atoms with van der Waals surface area (Å²) >= 11 is 0. The van der Waals surface area contributed by atoms with Gasteiger partial charge in [-0.1, -0.05) is 60.7 Å². The van der Waals surface area contributed by atoms with Gasteiger partial charge in [0.2, 0.25) is 21.8 Å². The van der Waals surface area contributed by atoms with Crippen LogP contribution in [0.5, 0.6) is 5.75 Å². The number of benzene rings is 3. The van der Waals surface area contributed by atoms with Gasteiger partial charge in [-0.05, 0) is 56.0 Å². The maximum Gasteiger partial charge on any atom is 0.243 e. The van der Waals surface area contributed by atoms with E-state index in [0.717, 1.165) is 22.9 Å². The summed E-state index contributed by atoms with van der Waals surface area (Å²) in [6.45, 7) is 6.14. The van der Waals surface area contributed by atoms with Crippen molar-refractivity contribution in [1.29, 1.82) is 0 Å². The van der Waals surface area contributed by atoms with Crippen molar-refractivity contribution >= 4 is 27.5 Å². The number of hydrogen-bond acceptors (Lipinski definition) is 5. The third kappa shape index (κ3) is 9.35. The molecule has 1 N–H and O–H groups in total. The zero-order valence-electron chi connectivity index (χ0n) is 24.5. The molecular weight excluding hydrogens is 538 g/mol. The van der Waals surface area contributed by atoms with Gasteiger partial charge in [-0.2, -0.15) is 0 Å². The lowest BCUT2D eigenvalue weighted by atomic mass is 10.0. The Morgan fingerprint density at radius 1 is 0.951 bits per heavy atom. The maximum absolute atomic E-state index is 13.9. The molecule has 9 heteroatoms. The summed E-state index contributed by atoms with van der Waals surface area (Å²) < 4.78 is 31.9. The predicted molar refractivity (Wildman–Crippen MR) is 163 cm³/mol. The van der Waals surface area contributed by atoms with Crippen molar-refractivity contribution in [2.75, 3.05) is 24.2 Å². The number of carbonyl (C=O) groups excluding carboxylic acids is 2. The van der Waals surface area contributed by atoms with Crippen LogP contribution < -0.4 is 14.4 Å². The van der Waals surface area contributed by atoms with Gasteiger partial charge in [0.15, 0.2) is 0 Å². The maximum atomic E-state index is 13.9. The molecular formula is C32H41N3O5S. The highest BCUT2D eigenvalue weighted by Gasteiger charge is 2.31. The number of nitrogens with one attached hydrogen (secondary N) is 1. The number of carbonyl (C=O) groups is 2. The number of aryl methyl sites for hydroxylation is 1. The van der Waals surface area contributed by atoms with Gasteiger partial charge in [-0.3, -0.25) is 13.9 Å². The van der Waals surface area contributed by atoms with Gasteiger partial charge in [0.1, 0.15) is 11.8 Å². The lowest BCUT2D eigenvalue weighted by Gasteiger charge is -2.33. The van der Waals surface area contributed by atoms with Gasteiger partial charge in [0, 0.05) is 38.0 Å². The quantitative estimate of drug-likeness (QED) is 0.298. The standard InChI is InChI=1S/C32H41N3O5S/c1-24(2)33-32(37)30(21-26-14-7-6-8-15-26)34(23-27-16-10-9-13-25(27)3)31(36)19-12-20-35(41(5,38)39)28-17-11-18-29(22-28)40-4/h6-11,13-18,22,24,30H,12,19-21,23H2,1-5H3,(H,33,37). The summed E-state index contributed by atoms with van der Waals surface area (Å²) in [5.74, 6) is 0.101. The Labute approximate surface area is 244 Å². The van der Waals surface area contributed by atoms with Crippen LogP contribution in [0.4, 0.5) is 5.69 Å².